The molecular weight excluding hydrogens is 352 g/mol. The molecule has 134 valence electrons. The standard InChI is InChI=1S/C18H18N4O3S/c1-2-12-6-3-4-7-15(12)25-11-17(23)21-22-18(24)14-10-13(19-20-14)16-8-5-9-26-16/h3-10H,2,11H2,1H3,(H,19,20)(H,21,23)(H,22,24). The first-order valence-corrected chi connectivity index (χ1v) is 8.94. The Balaban J connectivity index is 1.49. The van der Waals surface area contributed by atoms with E-state index in [1.807, 2.05) is 42.6 Å². The lowest BCUT2D eigenvalue weighted by Crippen LogP contribution is -2.44. The summed E-state index contributed by atoms with van der Waals surface area (Å²) in [6, 6.07) is 13.0. The fourth-order valence-corrected chi connectivity index (χ4v) is 3.00. The van der Waals surface area contributed by atoms with Crippen molar-refractivity contribution in [1.29, 1.82) is 0 Å². The Morgan fingerprint density at radius 3 is 2.81 bits per heavy atom. The molecule has 0 radical (unpaired) electrons. The Morgan fingerprint density at radius 1 is 1.19 bits per heavy atom. The van der Waals surface area contributed by atoms with Gasteiger partial charge in [0.1, 0.15) is 5.75 Å². The number of hydrogen-bond donors (Lipinski definition) is 3. The van der Waals surface area contributed by atoms with Crippen molar-refractivity contribution in [1.82, 2.24) is 21.0 Å². The van der Waals surface area contributed by atoms with Gasteiger partial charge in [-0.1, -0.05) is 31.2 Å². The normalized spacial score (nSPS) is 10.3. The van der Waals surface area contributed by atoms with Crippen LogP contribution in [0, 0.1) is 0 Å². The highest BCUT2D eigenvalue weighted by molar-refractivity contribution is 7.13. The molecule has 26 heavy (non-hydrogen) atoms. The number of ether oxygens (including phenoxy) is 1. The summed E-state index contributed by atoms with van der Waals surface area (Å²) in [5, 5.41) is 8.69. The lowest BCUT2D eigenvalue weighted by molar-refractivity contribution is -0.123. The quantitative estimate of drug-likeness (QED) is 0.581. The van der Waals surface area contributed by atoms with Gasteiger partial charge >= 0.3 is 0 Å². The molecule has 3 N–H and O–H groups in total. The first kappa shape index (κ1) is 17.7. The molecule has 3 aromatic rings. The highest BCUT2D eigenvalue weighted by Gasteiger charge is 2.13. The van der Waals surface area contributed by atoms with Crippen LogP contribution in [0.3, 0.4) is 0 Å². The molecule has 0 fully saturated rings. The monoisotopic (exact) mass is 370 g/mol. The van der Waals surface area contributed by atoms with Gasteiger partial charge in [0.05, 0.1) is 10.6 Å². The van der Waals surface area contributed by atoms with E-state index in [0.29, 0.717) is 5.75 Å². The number of H-pyrrole nitrogens is 1. The van der Waals surface area contributed by atoms with Crippen molar-refractivity contribution in [3.05, 3.63) is 59.1 Å². The number of nitrogens with zero attached hydrogens (tertiary/aromatic N) is 1. The summed E-state index contributed by atoms with van der Waals surface area (Å²) in [5.74, 6) is -0.311. The number of aromatic amines is 1. The molecule has 0 saturated carbocycles. The van der Waals surface area contributed by atoms with Crippen LogP contribution in [0.4, 0.5) is 0 Å². The third kappa shape index (κ3) is 4.28. The zero-order valence-electron chi connectivity index (χ0n) is 14.1. The lowest BCUT2D eigenvalue weighted by Gasteiger charge is -2.10. The second kappa shape index (κ2) is 8.30. The maximum absolute atomic E-state index is 12.1. The molecule has 8 heteroatoms. The van der Waals surface area contributed by atoms with Gasteiger partial charge in [0.25, 0.3) is 11.8 Å². The van der Waals surface area contributed by atoms with Gasteiger partial charge in [-0.15, -0.1) is 11.3 Å². The summed E-state index contributed by atoms with van der Waals surface area (Å²) in [5.41, 5.74) is 6.59. The van der Waals surface area contributed by atoms with E-state index in [-0.39, 0.29) is 12.3 Å². The van der Waals surface area contributed by atoms with Crippen LogP contribution in [0.15, 0.2) is 47.8 Å². The van der Waals surface area contributed by atoms with E-state index in [9.17, 15) is 9.59 Å². The minimum Gasteiger partial charge on any atom is -0.483 e. The number of hydrogen-bond acceptors (Lipinski definition) is 5. The Kier molecular flexibility index (Phi) is 5.65. The van der Waals surface area contributed by atoms with Crippen molar-refractivity contribution in [2.45, 2.75) is 13.3 Å². The van der Waals surface area contributed by atoms with E-state index >= 15 is 0 Å². The van der Waals surface area contributed by atoms with Crippen molar-refractivity contribution in [2.24, 2.45) is 0 Å². The number of aryl methyl sites for hydroxylation is 1. The highest BCUT2D eigenvalue weighted by atomic mass is 32.1. The first-order valence-electron chi connectivity index (χ1n) is 8.06. The lowest BCUT2D eigenvalue weighted by atomic mass is 10.1. The molecule has 0 aliphatic carbocycles. The highest BCUT2D eigenvalue weighted by Crippen LogP contribution is 2.22. The molecule has 3 rings (SSSR count). The Bertz CT molecular complexity index is 889. The van der Waals surface area contributed by atoms with Crippen molar-refractivity contribution < 1.29 is 14.3 Å². The van der Waals surface area contributed by atoms with Crippen molar-refractivity contribution in [2.75, 3.05) is 6.61 Å². The molecule has 0 atom stereocenters. The molecule has 2 amide bonds. The molecule has 0 aliphatic rings. The Morgan fingerprint density at radius 2 is 2.04 bits per heavy atom. The number of hydrazine groups is 1. The summed E-state index contributed by atoms with van der Waals surface area (Å²) < 4.78 is 5.50. The van der Waals surface area contributed by atoms with Crippen LogP contribution in [0.5, 0.6) is 5.75 Å². The number of para-hydroxylation sites is 1. The molecular formula is C18H18N4O3S. The van der Waals surface area contributed by atoms with E-state index in [1.165, 1.54) is 11.3 Å². The molecule has 2 aromatic heterocycles. The molecule has 0 spiro atoms. The average Bonchev–Trinajstić information content (AvgIpc) is 3.36. The van der Waals surface area contributed by atoms with Crippen molar-refractivity contribution >= 4 is 23.2 Å². The van der Waals surface area contributed by atoms with Crippen LogP contribution in [0.1, 0.15) is 23.0 Å². The van der Waals surface area contributed by atoms with Crippen LogP contribution in [-0.4, -0.2) is 28.6 Å². The number of rotatable bonds is 6. The van der Waals surface area contributed by atoms with E-state index < -0.39 is 11.8 Å². The third-order valence-electron chi connectivity index (χ3n) is 3.62. The molecule has 0 saturated heterocycles. The van der Waals surface area contributed by atoms with E-state index in [0.717, 1.165) is 22.6 Å². The van der Waals surface area contributed by atoms with Gasteiger partial charge in [-0.25, -0.2) is 0 Å². The fourth-order valence-electron chi connectivity index (χ4n) is 2.30. The number of benzene rings is 1. The summed E-state index contributed by atoms with van der Waals surface area (Å²) in [4.78, 5) is 24.9. The van der Waals surface area contributed by atoms with Gasteiger partial charge in [0, 0.05) is 0 Å². The van der Waals surface area contributed by atoms with Gasteiger partial charge < -0.3 is 4.74 Å². The summed E-state index contributed by atoms with van der Waals surface area (Å²) >= 11 is 1.54. The SMILES string of the molecule is CCc1ccccc1OCC(=O)NNC(=O)c1cc(-c2cccs2)[nH]n1. The van der Waals surface area contributed by atoms with Gasteiger partial charge in [-0.3, -0.25) is 25.5 Å². The number of thiophene rings is 1. The minimum absolute atomic E-state index is 0.186. The van der Waals surface area contributed by atoms with Gasteiger partial charge in [0.15, 0.2) is 12.3 Å². The Hall–Kier alpha value is -3.13. The smallest absolute Gasteiger partial charge is 0.290 e. The predicted molar refractivity (Wildman–Crippen MR) is 98.8 cm³/mol. The molecule has 0 bridgehead atoms. The molecule has 7 nitrogen and oxygen atoms in total. The number of nitrogens with one attached hydrogen (secondary N) is 3. The first-order chi connectivity index (χ1) is 12.7. The second-order valence-electron chi connectivity index (χ2n) is 5.40. The second-order valence-corrected chi connectivity index (χ2v) is 6.34. The number of amides is 2. The van der Waals surface area contributed by atoms with Crippen LogP contribution < -0.4 is 15.6 Å². The predicted octanol–water partition coefficient (Wildman–Crippen LogP) is 2.54. The minimum atomic E-state index is -0.508. The van der Waals surface area contributed by atoms with Crippen LogP contribution in [-0.2, 0) is 11.2 Å². The average molecular weight is 370 g/mol. The number of carbonyl (C=O) groups is 2. The molecule has 1 aromatic carbocycles. The van der Waals surface area contributed by atoms with E-state index in [2.05, 4.69) is 21.0 Å². The maximum Gasteiger partial charge on any atom is 0.290 e. The van der Waals surface area contributed by atoms with Crippen LogP contribution >= 0.6 is 11.3 Å². The summed E-state index contributed by atoms with van der Waals surface area (Å²) in [6.07, 6.45) is 0.806. The van der Waals surface area contributed by atoms with Gasteiger partial charge in [-0.05, 0) is 35.6 Å². The summed E-state index contributed by atoms with van der Waals surface area (Å²) in [6.45, 7) is 1.81. The van der Waals surface area contributed by atoms with E-state index in [4.69, 9.17) is 4.74 Å². The zero-order chi connectivity index (χ0) is 18.4. The number of carbonyl (C=O) groups excluding carboxylic acids is 2. The summed E-state index contributed by atoms with van der Waals surface area (Å²) in [7, 11) is 0. The van der Waals surface area contributed by atoms with Gasteiger partial charge in [0.2, 0.25) is 0 Å². The number of aromatic nitrogens is 2. The molecule has 0 aliphatic heterocycles. The van der Waals surface area contributed by atoms with Crippen molar-refractivity contribution in [3.8, 4) is 16.3 Å². The topological polar surface area (TPSA) is 96.1 Å². The van der Waals surface area contributed by atoms with Crippen LogP contribution in [0.2, 0.25) is 0 Å². The Labute approximate surface area is 154 Å². The zero-order valence-corrected chi connectivity index (χ0v) is 14.9. The van der Waals surface area contributed by atoms with Gasteiger partial charge in [-0.2, -0.15) is 5.10 Å². The van der Waals surface area contributed by atoms with Crippen molar-refractivity contribution in [3.63, 3.8) is 0 Å². The fraction of sp³-hybridized carbons (Fsp3) is 0.167. The maximum atomic E-state index is 12.1. The molecule has 0 unspecified atom stereocenters. The largest absolute Gasteiger partial charge is 0.483 e. The van der Waals surface area contributed by atoms with Crippen LogP contribution in [0.25, 0.3) is 10.6 Å². The van der Waals surface area contributed by atoms with E-state index in [1.54, 1.807) is 12.1 Å². The molecule has 2 heterocycles. The third-order valence-corrected chi connectivity index (χ3v) is 4.53.